The number of benzene rings is 2. The van der Waals surface area contributed by atoms with Gasteiger partial charge >= 0.3 is 11.9 Å². The highest BCUT2D eigenvalue weighted by Gasteiger charge is 2.17. The largest absolute Gasteiger partial charge is 0.490 e. The number of carbonyl (C=O) groups excluding carboxylic acids is 2. The van der Waals surface area contributed by atoms with E-state index in [2.05, 4.69) is 43.6 Å². The Hall–Kier alpha value is -2.54. The lowest BCUT2D eigenvalue weighted by Crippen LogP contribution is -2.07. The van der Waals surface area contributed by atoms with Crippen LogP contribution in [-0.2, 0) is 32.3 Å². The second kappa shape index (κ2) is 14.1. The molecular weight excluding hydrogens is 512 g/mol. The van der Waals surface area contributed by atoms with E-state index in [0.717, 1.165) is 39.6 Å². The quantitative estimate of drug-likeness (QED) is 0.249. The van der Waals surface area contributed by atoms with Gasteiger partial charge in [-0.25, -0.2) is 0 Å². The third-order valence-electron chi connectivity index (χ3n) is 5.28. The van der Waals surface area contributed by atoms with Gasteiger partial charge < -0.3 is 18.9 Å². The van der Waals surface area contributed by atoms with E-state index >= 15 is 0 Å². The van der Waals surface area contributed by atoms with E-state index in [0.29, 0.717) is 36.5 Å². The van der Waals surface area contributed by atoms with Crippen LogP contribution in [0.15, 0.2) is 34.8 Å². The molecule has 0 aromatic heterocycles. The van der Waals surface area contributed by atoms with E-state index in [9.17, 15) is 9.59 Å². The van der Waals surface area contributed by atoms with E-state index < -0.39 is 0 Å². The van der Waals surface area contributed by atoms with E-state index in [1.807, 2.05) is 30.3 Å². The van der Waals surface area contributed by atoms with Crippen LogP contribution < -0.4 is 9.47 Å². The summed E-state index contributed by atoms with van der Waals surface area (Å²) in [6.45, 7) is 12.9. The minimum atomic E-state index is -0.356. The van der Waals surface area contributed by atoms with Crippen molar-refractivity contribution >= 4 is 27.9 Å². The van der Waals surface area contributed by atoms with Crippen molar-refractivity contribution in [2.75, 3.05) is 13.2 Å². The van der Waals surface area contributed by atoms with Gasteiger partial charge in [-0.2, -0.15) is 0 Å². The molecule has 6 nitrogen and oxygen atoms in total. The molecule has 2 aromatic carbocycles. The maximum absolute atomic E-state index is 11.5. The fourth-order valence-electron chi connectivity index (χ4n) is 3.23. The molecule has 0 aliphatic carbocycles. The SMILES string of the molecule is CC(=O)OCc1ccc(COC(C)=O)c(-c2cc(OCCC(C)C)c(OCCC(C)C)cc2Br)c1. The van der Waals surface area contributed by atoms with Gasteiger partial charge in [0.2, 0.25) is 0 Å². The summed E-state index contributed by atoms with van der Waals surface area (Å²) < 4.78 is 23.6. The summed E-state index contributed by atoms with van der Waals surface area (Å²) >= 11 is 3.70. The van der Waals surface area contributed by atoms with Crippen molar-refractivity contribution in [2.45, 2.75) is 67.6 Å². The fourth-order valence-corrected chi connectivity index (χ4v) is 3.77. The lowest BCUT2D eigenvalue weighted by atomic mass is 9.97. The Balaban J connectivity index is 2.49. The van der Waals surface area contributed by atoms with Crippen molar-refractivity contribution in [1.82, 2.24) is 0 Å². The number of carbonyl (C=O) groups is 2. The van der Waals surface area contributed by atoms with Crippen molar-refractivity contribution in [3.05, 3.63) is 45.9 Å². The summed E-state index contributed by atoms with van der Waals surface area (Å²) in [6, 6.07) is 9.57. The zero-order valence-corrected chi connectivity index (χ0v) is 23.2. The van der Waals surface area contributed by atoms with Gasteiger partial charge in [0.15, 0.2) is 11.5 Å². The minimum absolute atomic E-state index is 0.126. The van der Waals surface area contributed by atoms with Crippen molar-refractivity contribution in [3.63, 3.8) is 0 Å². The highest BCUT2D eigenvalue weighted by atomic mass is 79.9. The van der Waals surface area contributed by atoms with Crippen molar-refractivity contribution in [3.8, 4) is 22.6 Å². The molecule has 192 valence electrons. The summed E-state index contributed by atoms with van der Waals surface area (Å²) in [5.41, 5.74) is 3.38. The highest BCUT2D eigenvalue weighted by Crippen LogP contribution is 2.41. The fraction of sp³-hybridized carbons (Fsp3) is 0.500. The smallest absolute Gasteiger partial charge is 0.302 e. The molecular formula is C28H37BrO6. The number of hydrogen-bond donors (Lipinski definition) is 0. The molecule has 2 aromatic rings. The molecule has 0 fully saturated rings. The number of rotatable bonds is 13. The van der Waals surface area contributed by atoms with E-state index in [-0.39, 0.29) is 25.2 Å². The molecule has 0 aliphatic heterocycles. The summed E-state index contributed by atoms with van der Waals surface area (Å²) in [7, 11) is 0. The Morgan fingerprint density at radius 2 is 1.31 bits per heavy atom. The van der Waals surface area contributed by atoms with Crippen molar-refractivity contribution < 1.29 is 28.5 Å². The Morgan fingerprint density at radius 1 is 0.771 bits per heavy atom. The third-order valence-corrected chi connectivity index (χ3v) is 5.93. The molecule has 0 aliphatic rings. The molecule has 35 heavy (non-hydrogen) atoms. The monoisotopic (exact) mass is 548 g/mol. The second-order valence-corrected chi connectivity index (χ2v) is 10.2. The second-order valence-electron chi connectivity index (χ2n) is 9.39. The number of esters is 2. The van der Waals surface area contributed by atoms with E-state index in [1.165, 1.54) is 13.8 Å². The van der Waals surface area contributed by atoms with Crippen LogP contribution in [0.3, 0.4) is 0 Å². The van der Waals surface area contributed by atoms with Gasteiger partial charge in [0, 0.05) is 23.9 Å². The predicted molar refractivity (Wildman–Crippen MR) is 140 cm³/mol. The first-order valence-corrected chi connectivity index (χ1v) is 12.8. The number of hydrogen-bond acceptors (Lipinski definition) is 6. The van der Waals surface area contributed by atoms with Gasteiger partial charge in [-0.15, -0.1) is 0 Å². The van der Waals surface area contributed by atoms with Gasteiger partial charge in [0.25, 0.3) is 0 Å². The zero-order chi connectivity index (χ0) is 26.0. The van der Waals surface area contributed by atoms with Gasteiger partial charge in [-0.05, 0) is 59.6 Å². The Kier molecular flexibility index (Phi) is 11.6. The van der Waals surface area contributed by atoms with Gasteiger partial charge in [-0.3, -0.25) is 9.59 Å². The Labute approximate surface area is 217 Å². The van der Waals surface area contributed by atoms with Crippen LogP contribution in [0, 0.1) is 11.8 Å². The van der Waals surface area contributed by atoms with Crippen molar-refractivity contribution in [1.29, 1.82) is 0 Å². The summed E-state index contributed by atoms with van der Waals surface area (Å²) in [5, 5.41) is 0. The Bertz CT molecular complexity index is 999. The van der Waals surface area contributed by atoms with Crippen LogP contribution in [-0.4, -0.2) is 25.2 Å². The average molecular weight is 550 g/mol. The standard InChI is InChI=1S/C28H37BrO6/c1-18(2)9-11-32-27-14-25(26(29)15-28(27)33-12-10-19(3)4)24-13-22(16-34-20(5)30)7-8-23(24)17-35-21(6)31/h7-8,13-15,18-19H,9-12,16-17H2,1-6H3. The van der Waals surface area contributed by atoms with Crippen molar-refractivity contribution in [2.24, 2.45) is 11.8 Å². The molecule has 0 amide bonds. The average Bonchev–Trinajstić information content (AvgIpc) is 2.77. The number of halogens is 1. The molecule has 0 heterocycles. The zero-order valence-electron chi connectivity index (χ0n) is 21.6. The first-order chi connectivity index (χ1) is 16.6. The molecule has 0 saturated carbocycles. The molecule has 0 unspecified atom stereocenters. The van der Waals surface area contributed by atoms with Crippen LogP contribution in [0.1, 0.15) is 65.5 Å². The topological polar surface area (TPSA) is 71.1 Å². The lowest BCUT2D eigenvalue weighted by molar-refractivity contribution is -0.143. The van der Waals surface area contributed by atoms with Crippen LogP contribution >= 0.6 is 15.9 Å². The molecule has 0 spiro atoms. The maximum Gasteiger partial charge on any atom is 0.302 e. The Morgan fingerprint density at radius 3 is 1.86 bits per heavy atom. The van der Waals surface area contributed by atoms with E-state index in [1.54, 1.807) is 0 Å². The molecule has 0 radical (unpaired) electrons. The van der Waals surface area contributed by atoms with Crippen LogP contribution in [0.25, 0.3) is 11.1 Å². The molecule has 0 atom stereocenters. The van der Waals surface area contributed by atoms with Gasteiger partial charge in [-0.1, -0.05) is 55.8 Å². The highest BCUT2D eigenvalue weighted by molar-refractivity contribution is 9.10. The third kappa shape index (κ3) is 9.92. The van der Waals surface area contributed by atoms with Gasteiger partial charge in [0.1, 0.15) is 13.2 Å². The van der Waals surface area contributed by atoms with Crippen LogP contribution in [0.2, 0.25) is 0 Å². The first-order valence-electron chi connectivity index (χ1n) is 12.0. The van der Waals surface area contributed by atoms with Crippen LogP contribution in [0.4, 0.5) is 0 Å². The minimum Gasteiger partial charge on any atom is -0.490 e. The molecule has 2 rings (SSSR count). The molecule has 0 bridgehead atoms. The van der Waals surface area contributed by atoms with Crippen LogP contribution in [0.5, 0.6) is 11.5 Å². The molecule has 7 heteroatoms. The summed E-state index contributed by atoms with van der Waals surface area (Å²) in [4.78, 5) is 22.8. The van der Waals surface area contributed by atoms with E-state index in [4.69, 9.17) is 18.9 Å². The number of ether oxygens (including phenoxy) is 4. The predicted octanol–water partition coefficient (Wildman–Crippen LogP) is 7.09. The molecule has 0 saturated heterocycles. The summed E-state index contributed by atoms with van der Waals surface area (Å²) in [6.07, 6.45) is 1.86. The van der Waals surface area contributed by atoms with Gasteiger partial charge in [0.05, 0.1) is 13.2 Å². The first kappa shape index (κ1) is 28.7. The normalized spacial score (nSPS) is 11.0. The lowest BCUT2D eigenvalue weighted by Gasteiger charge is -2.19. The maximum atomic E-state index is 11.5. The summed E-state index contributed by atoms with van der Waals surface area (Å²) in [5.74, 6) is 1.69. The molecule has 0 N–H and O–H groups in total.